The van der Waals surface area contributed by atoms with Crippen molar-refractivity contribution in [3.63, 3.8) is 0 Å². The fourth-order valence-electron chi connectivity index (χ4n) is 4.45. The molecular formula is C23H15N. The third-order valence-electron chi connectivity index (χ3n) is 5.43. The van der Waals surface area contributed by atoms with E-state index in [-0.39, 0.29) is 0 Å². The van der Waals surface area contributed by atoms with Crippen molar-refractivity contribution in [2.45, 2.75) is 6.42 Å². The lowest BCUT2D eigenvalue weighted by atomic mass is 9.94. The zero-order valence-corrected chi connectivity index (χ0v) is 13.1. The predicted octanol–water partition coefficient (Wildman–Crippen LogP) is 6.05. The second-order valence-electron chi connectivity index (χ2n) is 6.65. The van der Waals surface area contributed by atoms with Gasteiger partial charge in [-0.05, 0) is 39.9 Å². The van der Waals surface area contributed by atoms with Crippen molar-refractivity contribution in [3.05, 3.63) is 83.9 Å². The molecule has 5 aromatic rings. The molecule has 0 atom stereocenters. The lowest BCUT2D eigenvalue weighted by molar-refractivity contribution is 1.29. The second kappa shape index (κ2) is 4.27. The summed E-state index contributed by atoms with van der Waals surface area (Å²) < 4.78 is 0. The number of benzene rings is 4. The van der Waals surface area contributed by atoms with Crippen LogP contribution in [0, 0.1) is 0 Å². The van der Waals surface area contributed by atoms with Crippen molar-refractivity contribution in [3.8, 4) is 11.1 Å². The summed E-state index contributed by atoms with van der Waals surface area (Å²) >= 11 is 0. The molecule has 0 amide bonds. The van der Waals surface area contributed by atoms with Crippen molar-refractivity contribution in [1.29, 1.82) is 0 Å². The van der Waals surface area contributed by atoms with Gasteiger partial charge in [0, 0.05) is 21.9 Å². The molecule has 1 nitrogen and oxygen atoms in total. The van der Waals surface area contributed by atoms with E-state index >= 15 is 0 Å². The summed E-state index contributed by atoms with van der Waals surface area (Å²) in [5, 5.41) is 5.42. The summed E-state index contributed by atoms with van der Waals surface area (Å²) in [7, 11) is 0. The summed E-state index contributed by atoms with van der Waals surface area (Å²) in [6.07, 6.45) is 1.03. The molecule has 0 aliphatic heterocycles. The van der Waals surface area contributed by atoms with Crippen LogP contribution < -0.4 is 0 Å². The van der Waals surface area contributed by atoms with Crippen LogP contribution in [-0.4, -0.2) is 4.98 Å². The first kappa shape index (κ1) is 12.4. The lowest BCUT2D eigenvalue weighted by Gasteiger charge is -2.09. The Kier molecular flexibility index (Phi) is 2.20. The quantitative estimate of drug-likeness (QED) is 0.352. The van der Waals surface area contributed by atoms with Crippen LogP contribution in [0.15, 0.2) is 72.8 Å². The topological polar surface area (TPSA) is 15.8 Å². The maximum atomic E-state index is 3.71. The van der Waals surface area contributed by atoms with Gasteiger partial charge in [0.25, 0.3) is 0 Å². The maximum Gasteiger partial charge on any atom is 0.0554 e. The van der Waals surface area contributed by atoms with Gasteiger partial charge in [0.05, 0.1) is 5.52 Å². The van der Waals surface area contributed by atoms with Gasteiger partial charge in [-0.3, -0.25) is 0 Å². The molecule has 4 aromatic carbocycles. The van der Waals surface area contributed by atoms with Crippen LogP contribution in [0.2, 0.25) is 0 Å². The van der Waals surface area contributed by atoms with Gasteiger partial charge < -0.3 is 4.98 Å². The normalized spacial score (nSPS) is 12.8. The molecule has 112 valence electrons. The molecule has 1 aliphatic carbocycles. The van der Waals surface area contributed by atoms with Gasteiger partial charge in [-0.25, -0.2) is 0 Å². The molecule has 1 heterocycles. The van der Waals surface area contributed by atoms with Crippen LogP contribution in [0.3, 0.4) is 0 Å². The molecule has 1 aromatic heterocycles. The van der Waals surface area contributed by atoms with Crippen LogP contribution in [0.25, 0.3) is 43.7 Å². The van der Waals surface area contributed by atoms with Gasteiger partial charge in [-0.1, -0.05) is 66.7 Å². The highest BCUT2D eigenvalue weighted by Crippen LogP contribution is 2.47. The van der Waals surface area contributed by atoms with E-state index in [1.807, 2.05) is 0 Å². The third-order valence-corrected chi connectivity index (χ3v) is 5.43. The SMILES string of the molecule is c1ccc2c(c1)Cc1c-2c2[nH]c3ccccc3c2c2ccccc12. The van der Waals surface area contributed by atoms with E-state index in [1.165, 1.54) is 54.8 Å². The Morgan fingerprint density at radius 3 is 2.29 bits per heavy atom. The number of H-pyrrole nitrogens is 1. The average molecular weight is 305 g/mol. The monoisotopic (exact) mass is 305 g/mol. The molecule has 0 spiro atoms. The number of hydrogen-bond acceptors (Lipinski definition) is 0. The van der Waals surface area contributed by atoms with Gasteiger partial charge in [-0.2, -0.15) is 0 Å². The van der Waals surface area contributed by atoms with E-state index in [2.05, 4.69) is 77.8 Å². The smallest absolute Gasteiger partial charge is 0.0554 e. The number of rotatable bonds is 0. The standard InChI is InChI=1S/C23H15N/c1-2-8-15-14(7-1)13-19-16-9-3-4-10-17(16)22-18-11-5-6-12-20(18)24-23(22)21(15)19/h1-12,24H,13H2. The van der Waals surface area contributed by atoms with Crippen LogP contribution in [0.4, 0.5) is 0 Å². The Bertz CT molecular complexity index is 1270. The number of fused-ring (bicyclic) bond motifs is 10. The zero-order valence-electron chi connectivity index (χ0n) is 13.1. The van der Waals surface area contributed by atoms with Crippen LogP contribution >= 0.6 is 0 Å². The van der Waals surface area contributed by atoms with Gasteiger partial charge in [0.15, 0.2) is 0 Å². The lowest BCUT2D eigenvalue weighted by Crippen LogP contribution is -1.86. The molecule has 6 rings (SSSR count). The van der Waals surface area contributed by atoms with E-state index in [0.717, 1.165) is 6.42 Å². The number of para-hydroxylation sites is 1. The van der Waals surface area contributed by atoms with E-state index < -0.39 is 0 Å². The van der Waals surface area contributed by atoms with E-state index in [0.29, 0.717) is 0 Å². The first-order chi connectivity index (χ1) is 11.9. The highest BCUT2D eigenvalue weighted by Gasteiger charge is 2.25. The molecular weight excluding hydrogens is 290 g/mol. The zero-order chi connectivity index (χ0) is 15.7. The Labute approximate surface area is 139 Å². The van der Waals surface area contributed by atoms with Gasteiger partial charge >= 0.3 is 0 Å². The average Bonchev–Trinajstić information content (AvgIpc) is 3.20. The molecule has 1 N–H and O–H groups in total. The molecule has 24 heavy (non-hydrogen) atoms. The molecule has 1 heteroatoms. The van der Waals surface area contributed by atoms with Crippen LogP contribution in [0.1, 0.15) is 11.1 Å². The highest BCUT2D eigenvalue weighted by molar-refractivity contribution is 6.25. The Balaban J connectivity index is 1.96. The van der Waals surface area contributed by atoms with Crippen LogP contribution in [-0.2, 0) is 6.42 Å². The Hall–Kier alpha value is -3.06. The van der Waals surface area contributed by atoms with Gasteiger partial charge in [-0.15, -0.1) is 0 Å². The molecule has 0 saturated carbocycles. The summed E-state index contributed by atoms with van der Waals surface area (Å²) in [4.78, 5) is 3.71. The first-order valence-corrected chi connectivity index (χ1v) is 8.44. The van der Waals surface area contributed by atoms with E-state index in [4.69, 9.17) is 0 Å². The Morgan fingerprint density at radius 1 is 0.667 bits per heavy atom. The summed E-state index contributed by atoms with van der Waals surface area (Å²) in [6, 6.07) is 26.3. The van der Waals surface area contributed by atoms with Gasteiger partial charge in [0.1, 0.15) is 0 Å². The highest BCUT2D eigenvalue weighted by atomic mass is 14.7. The van der Waals surface area contributed by atoms with Crippen LogP contribution in [0.5, 0.6) is 0 Å². The summed E-state index contributed by atoms with van der Waals surface area (Å²) in [5.74, 6) is 0. The predicted molar refractivity (Wildman–Crippen MR) is 102 cm³/mol. The molecule has 0 radical (unpaired) electrons. The second-order valence-corrected chi connectivity index (χ2v) is 6.65. The fourth-order valence-corrected chi connectivity index (χ4v) is 4.45. The Morgan fingerprint density at radius 2 is 1.38 bits per heavy atom. The first-order valence-electron chi connectivity index (χ1n) is 8.44. The minimum atomic E-state index is 1.03. The minimum absolute atomic E-state index is 1.03. The summed E-state index contributed by atoms with van der Waals surface area (Å²) in [6.45, 7) is 0. The minimum Gasteiger partial charge on any atom is -0.354 e. The molecule has 0 saturated heterocycles. The van der Waals surface area contributed by atoms with Crippen molar-refractivity contribution >= 4 is 32.6 Å². The fraction of sp³-hybridized carbons (Fsp3) is 0.0435. The van der Waals surface area contributed by atoms with Gasteiger partial charge in [0.2, 0.25) is 0 Å². The summed E-state index contributed by atoms with van der Waals surface area (Å²) in [5.41, 5.74) is 8.19. The number of hydrogen-bond donors (Lipinski definition) is 1. The molecule has 0 bridgehead atoms. The number of aromatic nitrogens is 1. The third kappa shape index (κ3) is 1.40. The van der Waals surface area contributed by atoms with Crippen molar-refractivity contribution in [2.24, 2.45) is 0 Å². The largest absolute Gasteiger partial charge is 0.354 e. The van der Waals surface area contributed by atoms with Crippen molar-refractivity contribution in [2.75, 3.05) is 0 Å². The molecule has 0 fully saturated rings. The van der Waals surface area contributed by atoms with Crippen molar-refractivity contribution in [1.82, 2.24) is 4.98 Å². The number of nitrogens with one attached hydrogen (secondary N) is 1. The van der Waals surface area contributed by atoms with Crippen molar-refractivity contribution < 1.29 is 0 Å². The molecule has 0 unspecified atom stereocenters. The van der Waals surface area contributed by atoms with E-state index in [1.54, 1.807) is 0 Å². The molecule has 1 aliphatic rings. The van der Waals surface area contributed by atoms with E-state index in [9.17, 15) is 0 Å². The number of aromatic amines is 1. The maximum absolute atomic E-state index is 3.71.